The van der Waals surface area contributed by atoms with Crippen LogP contribution in [0.2, 0.25) is 0 Å². The van der Waals surface area contributed by atoms with Crippen molar-refractivity contribution in [2.45, 2.75) is 55.4 Å². The Morgan fingerprint density at radius 3 is 1.29 bits per heavy atom. The molecule has 0 aliphatic carbocycles. The van der Waals surface area contributed by atoms with Gasteiger partial charge in [0.2, 0.25) is 0 Å². The molecule has 3 aromatic carbocycles. The normalized spacial score (nSPS) is 10.7. The number of nitrogens with one attached hydrogen (secondary N) is 1. The van der Waals surface area contributed by atoms with Crippen molar-refractivity contribution in [2.75, 3.05) is 54.0 Å². The third kappa shape index (κ3) is 5.97. The number of anilines is 3. The topological polar surface area (TPSA) is 33.6 Å². The van der Waals surface area contributed by atoms with Crippen molar-refractivity contribution < 1.29 is 0 Å². The zero-order valence-corrected chi connectivity index (χ0v) is 24.8. The molecule has 202 valence electrons. The summed E-state index contributed by atoms with van der Waals surface area (Å²) in [6.45, 7) is 23.4. The van der Waals surface area contributed by atoms with E-state index >= 15 is 0 Å². The third-order valence-corrected chi connectivity index (χ3v) is 7.75. The van der Waals surface area contributed by atoms with Crippen LogP contribution in [0.4, 0.5) is 17.1 Å². The van der Waals surface area contributed by atoms with Crippen LogP contribution in [0.3, 0.4) is 0 Å². The molecule has 4 nitrogen and oxygen atoms in total. The first-order valence-corrected chi connectivity index (χ1v) is 14.3. The van der Waals surface area contributed by atoms with Crippen molar-refractivity contribution in [3.05, 3.63) is 87.3 Å². The lowest BCUT2D eigenvalue weighted by molar-refractivity contribution is 0.865. The minimum absolute atomic E-state index is 0.823. The summed E-state index contributed by atoms with van der Waals surface area (Å²) < 4.78 is 0. The second-order valence-electron chi connectivity index (χ2n) is 9.75. The maximum absolute atomic E-state index is 8.25. The molecule has 0 spiro atoms. The van der Waals surface area contributed by atoms with Gasteiger partial charge in [-0.3, -0.25) is 5.41 Å². The molecular weight excluding hydrogens is 464 g/mol. The fourth-order valence-electron chi connectivity index (χ4n) is 5.50. The summed E-state index contributed by atoms with van der Waals surface area (Å²) in [6, 6.07) is 20.1. The quantitative estimate of drug-likeness (QED) is 0.321. The number of nitrogens with zero attached hydrogens (tertiary/aromatic N) is 3. The Balaban J connectivity index is 2.39. The maximum atomic E-state index is 8.25. The Hall–Kier alpha value is -3.49. The van der Waals surface area contributed by atoms with Crippen LogP contribution in [0.5, 0.6) is 0 Å². The Kier molecular flexibility index (Phi) is 10.2. The van der Waals surface area contributed by atoms with Crippen molar-refractivity contribution in [2.24, 2.45) is 0 Å². The first-order chi connectivity index (χ1) is 18.4. The highest BCUT2D eigenvalue weighted by atomic mass is 15.1. The molecule has 4 heteroatoms. The number of aryl methyl sites for hydroxylation is 2. The Bertz CT molecular complexity index is 1310. The van der Waals surface area contributed by atoms with E-state index in [4.69, 9.17) is 5.41 Å². The summed E-state index contributed by atoms with van der Waals surface area (Å²) in [5.41, 5.74) is 9.67. The molecule has 0 atom stereocenters. The number of rotatable bonds is 11. The van der Waals surface area contributed by atoms with Gasteiger partial charge in [-0.25, -0.2) is 0 Å². The summed E-state index contributed by atoms with van der Waals surface area (Å²) >= 11 is 0. The highest BCUT2D eigenvalue weighted by molar-refractivity contribution is 5.85. The van der Waals surface area contributed by atoms with Gasteiger partial charge in [-0.1, -0.05) is 18.2 Å². The van der Waals surface area contributed by atoms with Crippen LogP contribution in [0.15, 0.2) is 54.6 Å². The summed E-state index contributed by atoms with van der Waals surface area (Å²) in [6.07, 6.45) is 0. The van der Waals surface area contributed by atoms with Crippen LogP contribution in [0, 0.1) is 19.3 Å². The zero-order chi connectivity index (χ0) is 27.8. The van der Waals surface area contributed by atoms with Crippen molar-refractivity contribution in [3.63, 3.8) is 0 Å². The van der Waals surface area contributed by atoms with Crippen molar-refractivity contribution in [1.82, 2.24) is 0 Å². The molecule has 0 aliphatic heterocycles. The maximum Gasteiger partial charge on any atom is 0.0453 e. The van der Waals surface area contributed by atoms with E-state index in [-0.39, 0.29) is 0 Å². The first kappa shape index (κ1) is 29.1. The molecule has 0 bridgehead atoms. The number of hydrogen-bond donors (Lipinski definition) is 1. The average Bonchev–Trinajstić information content (AvgIpc) is 2.93. The molecule has 3 rings (SSSR count). The second-order valence-corrected chi connectivity index (χ2v) is 9.75. The van der Waals surface area contributed by atoms with Gasteiger partial charge in [0.1, 0.15) is 0 Å². The van der Waals surface area contributed by atoms with Gasteiger partial charge in [0.15, 0.2) is 0 Å². The lowest BCUT2D eigenvalue weighted by Gasteiger charge is -2.25. The molecule has 0 saturated heterocycles. The molecule has 0 fully saturated rings. The molecule has 0 aliphatic rings. The first-order valence-electron chi connectivity index (χ1n) is 14.3. The summed E-state index contributed by atoms with van der Waals surface area (Å²) in [5.74, 6) is 2.78. The minimum Gasteiger partial charge on any atom is -0.372 e. The van der Waals surface area contributed by atoms with E-state index < -0.39 is 0 Å². The fraction of sp³-hybridized carbons (Fsp3) is 0.412. The lowest BCUT2D eigenvalue weighted by atomic mass is 9.88. The van der Waals surface area contributed by atoms with E-state index in [2.05, 4.69) is 131 Å². The molecule has 0 radical (unpaired) electrons. The minimum atomic E-state index is 0.823. The largest absolute Gasteiger partial charge is 0.372 e. The molecule has 38 heavy (non-hydrogen) atoms. The van der Waals surface area contributed by atoms with Crippen molar-refractivity contribution >= 4 is 28.5 Å². The third-order valence-electron chi connectivity index (χ3n) is 7.75. The average molecular weight is 511 g/mol. The monoisotopic (exact) mass is 510 g/mol. The molecule has 0 unspecified atom stereocenters. The molecule has 1 N–H and O–H groups in total. The Labute approximate surface area is 230 Å². The van der Waals surface area contributed by atoms with Crippen LogP contribution in [0.25, 0.3) is 5.57 Å². The summed E-state index contributed by atoms with van der Waals surface area (Å²) in [5, 5.41) is 10.1. The lowest BCUT2D eigenvalue weighted by Crippen LogP contribution is -2.32. The van der Waals surface area contributed by atoms with Crippen LogP contribution in [-0.2, 0) is 0 Å². The van der Waals surface area contributed by atoms with Crippen LogP contribution >= 0.6 is 0 Å². The van der Waals surface area contributed by atoms with Crippen molar-refractivity contribution in [3.8, 4) is 0 Å². The summed E-state index contributed by atoms with van der Waals surface area (Å²) in [4.78, 5) is 7.09. The molecular formula is C34H46N4. The van der Waals surface area contributed by atoms with Gasteiger partial charge in [0, 0.05) is 61.5 Å². The predicted octanol–water partition coefficient (Wildman–Crippen LogP) is 6.01. The smallest absolute Gasteiger partial charge is 0.0453 e. The van der Waals surface area contributed by atoms with E-state index in [0.717, 1.165) is 61.0 Å². The van der Waals surface area contributed by atoms with Crippen LogP contribution in [0.1, 0.15) is 63.8 Å². The van der Waals surface area contributed by atoms with E-state index in [1.54, 1.807) is 0 Å². The molecule has 0 saturated carbocycles. The van der Waals surface area contributed by atoms with E-state index in [1.807, 2.05) is 0 Å². The SMILES string of the molecule is CCN(CC)c1ccc(C(c2ccc(N(CC)CC)cc2C)=c2ccc(N(CC)CC)cc2=C=N)c(C)c1. The zero-order valence-electron chi connectivity index (χ0n) is 24.8. The molecule has 0 aromatic heterocycles. The van der Waals surface area contributed by atoms with E-state index in [1.165, 1.54) is 33.6 Å². The Morgan fingerprint density at radius 2 is 0.947 bits per heavy atom. The number of benzene rings is 3. The number of hydrogen-bond acceptors (Lipinski definition) is 4. The highest BCUT2D eigenvalue weighted by Crippen LogP contribution is 2.31. The van der Waals surface area contributed by atoms with Gasteiger partial charge in [-0.05, 0) is 131 Å². The Morgan fingerprint density at radius 1 is 0.579 bits per heavy atom. The van der Waals surface area contributed by atoms with Gasteiger partial charge in [0.25, 0.3) is 0 Å². The van der Waals surface area contributed by atoms with E-state index in [0.29, 0.717) is 0 Å². The van der Waals surface area contributed by atoms with Gasteiger partial charge < -0.3 is 14.7 Å². The standard InChI is InChI=1S/C34H46N4/c1-9-36(10-2)28-15-18-31(25(7)21-28)34(32-19-16-29(22-26(32)8)37(11-3)12-4)33-20-17-30(23-27(33)24-35)38(13-5)14-6/h15-23,35H,9-14H2,1-8H3. The van der Waals surface area contributed by atoms with Crippen LogP contribution in [-0.4, -0.2) is 45.1 Å². The van der Waals surface area contributed by atoms with Gasteiger partial charge in [-0.15, -0.1) is 0 Å². The van der Waals surface area contributed by atoms with E-state index in [9.17, 15) is 0 Å². The fourth-order valence-corrected chi connectivity index (χ4v) is 5.50. The molecule has 3 aromatic rings. The predicted molar refractivity (Wildman–Crippen MR) is 167 cm³/mol. The van der Waals surface area contributed by atoms with Gasteiger partial charge in [0.05, 0.1) is 0 Å². The van der Waals surface area contributed by atoms with Crippen molar-refractivity contribution in [1.29, 1.82) is 5.41 Å². The molecule has 0 heterocycles. The van der Waals surface area contributed by atoms with Crippen LogP contribution < -0.4 is 25.1 Å². The van der Waals surface area contributed by atoms with Gasteiger partial charge >= 0.3 is 0 Å². The summed E-state index contributed by atoms with van der Waals surface area (Å²) in [7, 11) is 0. The molecule has 0 amide bonds. The highest BCUT2D eigenvalue weighted by Gasteiger charge is 2.16. The van der Waals surface area contributed by atoms with Gasteiger partial charge in [-0.2, -0.15) is 0 Å². The second kappa shape index (κ2) is 13.3.